The number of nitrogens with one attached hydrogen (secondary N) is 3. The molecule has 2 aliphatic heterocycles. The number of ether oxygens (including phenoxy) is 1. The van der Waals surface area contributed by atoms with Gasteiger partial charge in [0.15, 0.2) is 6.61 Å². The van der Waals surface area contributed by atoms with Gasteiger partial charge in [-0.15, -0.1) is 0 Å². The van der Waals surface area contributed by atoms with Gasteiger partial charge in [-0.05, 0) is 50.0 Å². The predicted molar refractivity (Wildman–Crippen MR) is 74.7 cm³/mol. The molecule has 5 heteroatoms. The first kappa shape index (κ1) is 12.3. The summed E-state index contributed by atoms with van der Waals surface area (Å²) in [4.78, 5) is 11.3. The van der Waals surface area contributed by atoms with E-state index in [-0.39, 0.29) is 12.5 Å². The van der Waals surface area contributed by atoms with Gasteiger partial charge < -0.3 is 20.7 Å². The summed E-state index contributed by atoms with van der Waals surface area (Å²) in [7, 11) is 0. The minimum atomic E-state index is -0.0944. The number of benzene rings is 1. The number of amides is 1. The Balaban J connectivity index is 1.61. The lowest BCUT2D eigenvalue weighted by Gasteiger charge is -2.24. The molecule has 0 spiro atoms. The Morgan fingerprint density at radius 2 is 2.16 bits per heavy atom. The largest absolute Gasteiger partial charge is 0.482 e. The third-order valence-electron chi connectivity index (χ3n) is 3.67. The van der Waals surface area contributed by atoms with Gasteiger partial charge in [-0.1, -0.05) is 0 Å². The molecule has 0 unspecified atom stereocenters. The van der Waals surface area contributed by atoms with Crippen LogP contribution in [-0.2, 0) is 4.79 Å². The summed E-state index contributed by atoms with van der Waals surface area (Å²) in [6.07, 6.45) is 2.44. The van der Waals surface area contributed by atoms with Gasteiger partial charge >= 0.3 is 0 Å². The maximum absolute atomic E-state index is 11.3. The van der Waals surface area contributed by atoms with Crippen molar-refractivity contribution in [3.8, 4) is 5.75 Å². The molecular weight excluding hydrogens is 242 g/mol. The molecule has 5 nitrogen and oxygen atoms in total. The Morgan fingerprint density at radius 3 is 3.00 bits per heavy atom. The van der Waals surface area contributed by atoms with Gasteiger partial charge in [-0.25, -0.2) is 0 Å². The number of fused-ring (bicyclic) bond motifs is 1. The summed E-state index contributed by atoms with van der Waals surface area (Å²) in [6, 6.07) is 5.84. The quantitative estimate of drug-likeness (QED) is 0.770. The van der Waals surface area contributed by atoms with Crippen LogP contribution in [0.25, 0.3) is 0 Å². The Labute approximate surface area is 112 Å². The molecule has 1 fully saturated rings. The number of piperidine rings is 1. The number of carbonyl (C=O) groups excluding carboxylic acids is 1. The van der Waals surface area contributed by atoms with Crippen LogP contribution in [-0.4, -0.2) is 32.1 Å². The highest BCUT2D eigenvalue weighted by Gasteiger charge is 2.16. The number of hydrogen-bond donors (Lipinski definition) is 3. The molecule has 0 saturated carbocycles. The first-order valence-electron chi connectivity index (χ1n) is 6.82. The molecule has 0 aromatic heterocycles. The Morgan fingerprint density at radius 1 is 1.32 bits per heavy atom. The maximum Gasteiger partial charge on any atom is 0.262 e. The van der Waals surface area contributed by atoms with Crippen LogP contribution in [0, 0.1) is 5.92 Å². The highest BCUT2D eigenvalue weighted by molar-refractivity contribution is 5.95. The van der Waals surface area contributed by atoms with Gasteiger partial charge in [0.2, 0.25) is 0 Å². The van der Waals surface area contributed by atoms with Crippen LogP contribution in [0.2, 0.25) is 0 Å². The van der Waals surface area contributed by atoms with Crippen molar-refractivity contribution in [1.82, 2.24) is 5.32 Å². The molecule has 0 aliphatic carbocycles. The summed E-state index contributed by atoms with van der Waals surface area (Å²) >= 11 is 0. The molecule has 1 amide bonds. The molecule has 3 rings (SSSR count). The van der Waals surface area contributed by atoms with Crippen molar-refractivity contribution in [3.63, 3.8) is 0 Å². The second kappa shape index (κ2) is 5.48. The van der Waals surface area contributed by atoms with Crippen molar-refractivity contribution >= 4 is 17.3 Å². The molecule has 19 heavy (non-hydrogen) atoms. The summed E-state index contributed by atoms with van der Waals surface area (Å²) in [5, 5.41) is 9.64. The molecule has 1 aromatic rings. The van der Waals surface area contributed by atoms with E-state index in [0.29, 0.717) is 0 Å². The van der Waals surface area contributed by atoms with Crippen LogP contribution in [0.5, 0.6) is 5.75 Å². The minimum absolute atomic E-state index is 0.0944. The van der Waals surface area contributed by atoms with Crippen molar-refractivity contribution < 1.29 is 9.53 Å². The van der Waals surface area contributed by atoms with Gasteiger partial charge in [0.05, 0.1) is 5.69 Å². The summed E-state index contributed by atoms with van der Waals surface area (Å²) < 4.78 is 5.34. The molecule has 3 N–H and O–H groups in total. The number of hydrogen-bond acceptors (Lipinski definition) is 4. The van der Waals surface area contributed by atoms with Crippen molar-refractivity contribution in [2.75, 3.05) is 36.9 Å². The van der Waals surface area contributed by atoms with E-state index in [1.54, 1.807) is 0 Å². The van der Waals surface area contributed by atoms with E-state index in [9.17, 15) is 4.79 Å². The van der Waals surface area contributed by atoms with Crippen molar-refractivity contribution in [2.24, 2.45) is 5.92 Å². The molecule has 0 bridgehead atoms. The van der Waals surface area contributed by atoms with Crippen molar-refractivity contribution in [2.45, 2.75) is 12.8 Å². The van der Waals surface area contributed by atoms with Crippen molar-refractivity contribution in [3.05, 3.63) is 18.2 Å². The van der Waals surface area contributed by atoms with Gasteiger partial charge in [0, 0.05) is 12.2 Å². The monoisotopic (exact) mass is 261 g/mol. The molecule has 1 saturated heterocycles. The average molecular weight is 261 g/mol. The van der Waals surface area contributed by atoms with Crippen LogP contribution in [0.1, 0.15) is 12.8 Å². The van der Waals surface area contributed by atoms with Crippen LogP contribution in [0.15, 0.2) is 18.2 Å². The standard InChI is InChI=1S/C14H19N3O2/c18-14-9-19-13-2-1-11(7-12(13)17-14)16-8-10-3-5-15-6-4-10/h1-2,7,10,15-16H,3-6,8-9H2,(H,17,18). The minimum Gasteiger partial charge on any atom is -0.482 e. The zero-order valence-corrected chi connectivity index (χ0v) is 10.9. The van der Waals surface area contributed by atoms with E-state index in [1.807, 2.05) is 18.2 Å². The molecule has 0 radical (unpaired) electrons. The van der Waals surface area contributed by atoms with Crippen LogP contribution < -0.4 is 20.7 Å². The fourth-order valence-corrected chi connectivity index (χ4v) is 2.54. The van der Waals surface area contributed by atoms with Gasteiger partial charge in [-0.3, -0.25) is 4.79 Å². The number of rotatable bonds is 3. The Hall–Kier alpha value is -1.75. The molecule has 2 aliphatic rings. The lowest BCUT2D eigenvalue weighted by atomic mass is 9.98. The summed E-state index contributed by atoms with van der Waals surface area (Å²) in [5.41, 5.74) is 1.79. The Bertz CT molecular complexity index is 470. The summed E-state index contributed by atoms with van der Waals surface area (Å²) in [5.74, 6) is 1.37. The lowest BCUT2D eigenvalue weighted by Crippen LogP contribution is -2.31. The van der Waals surface area contributed by atoms with Crippen molar-refractivity contribution in [1.29, 1.82) is 0 Å². The SMILES string of the molecule is O=C1COc2ccc(NCC3CCNCC3)cc2N1. The predicted octanol–water partition coefficient (Wildman–Crippen LogP) is 1.43. The van der Waals surface area contributed by atoms with Gasteiger partial charge in [0.1, 0.15) is 5.75 Å². The third-order valence-corrected chi connectivity index (χ3v) is 3.67. The van der Waals surface area contributed by atoms with E-state index >= 15 is 0 Å². The molecular formula is C14H19N3O2. The van der Waals surface area contributed by atoms with E-state index < -0.39 is 0 Å². The summed E-state index contributed by atoms with van der Waals surface area (Å²) in [6.45, 7) is 3.31. The zero-order valence-electron chi connectivity index (χ0n) is 10.9. The molecule has 1 aromatic carbocycles. The fourth-order valence-electron chi connectivity index (χ4n) is 2.54. The highest BCUT2D eigenvalue weighted by Crippen LogP contribution is 2.30. The third kappa shape index (κ3) is 2.98. The Kier molecular flexibility index (Phi) is 3.55. The van der Waals surface area contributed by atoms with E-state index in [0.717, 1.165) is 42.7 Å². The normalized spacial score (nSPS) is 19.3. The number of anilines is 2. The van der Waals surface area contributed by atoms with E-state index in [2.05, 4.69) is 16.0 Å². The lowest BCUT2D eigenvalue weighted by molar-refractivity contribution is -0.118. The van der Waals surface area contributed by atoms with Crippen LogP contribution in [0.4, 0.5) is 11.4 Å². The maximum atomic E-state index is 11.3. The van der Waals surface area contributed by atoms with E-state index in [1.165, 1.54) is 12.8 Å². The first-order valence-corrected chi connectivity index (χ1v) is 6.82. The molecule has 102 valence electrons. The second-order valence-electron chi connectivity index (χ2n) is 5.12. The average Bonchev–Trinajstić information content (AvgIpc) is 2.46. The molecule has 2 heterocycles. The highest BCUT2D eigenvalue weighted by atomic mass is 16.5. The van der Waals surface area contributed by atoms with E-state index in [4.69, 9.17) is 4.74 Å². The smallest absolute Gasteiger partial charge is 0.262 e. The second-order valence-corrected chi connectivity index (χ2v) is 5.12. The topological polar surface area (TPSA) is 62.4 Å². The van der Waals surface area contributed by atoms with Crippen LogP contribution in [0.3, 0.4) is 0 Å². The number of carbonyl (C=O) groups is 1. The zero-order chi connectivity index (χ0) is 13.1. The fraction of sp³-hybridized carbons (Fsp3) is 0.500. The van der Waals surface area contributed by atoms with Gasteiger partial charge in [0.25, 0.3) is 5.91 Å². The molecule has 0 atom stereocenters. The van der Waals surface area contributed by atoms with Crippen LogP contribution >= 0.6 is 0 Å². The van der Waals surface area contributed by atoms with Gasteiger partial charge in [-0.2, -0.15) is 0 Å². The first-order chi connectivity index (χ1) is 9.31.